The number of anilines is 1. The van der Waals surface area contributed by atoms with Crippen LogP contribution in [0.5, 0.6) is 0 Å². The van der Waals surface area contributed by atoms with Crippen LogP contribution in [-0.4, -0.2) is 35.1 Å². The van der Waals surface area contributed by atoms with Gasteiger partial charge < -0.3 is 14.7 Å². The zero-order chi connectivity index (χ0) is 15.5. The predicted molar refractivity (Wildman–Crippen MR) is 80.2 cm³/mol. The van der Waals surface area contributed by atoms with Crippen LogP contribution in [0.15, 0.2) is 34.9 Å². The van der Waals surface area contributed by atoms with Crippen molar-refractivity contribution in [1.29, 1.82) is 0 Å². The molecule has 2 heterocycles. The van der Waals surface area contributed by atoms with Gasteiger partial charge in [0, 0.05) is 30.9 Å². The molecular formula is C16H18FN3O2. The number of amides is 1. The lowest BCUT2D eigenvalue weighted by Crippen LogP contribution is -2.42. The van der Waals surface area contributed by atoms with E-state index in [1.165, 1.54) is 12.1 Å². The Kier molecular flexibility index (Phi) is 4.09. The number of nitrogens with one attached hydrogen (secondary N) is 1. The molecule has 1 saturated heterocycles. The molecule has 2 aromatic rings. The summed E-state index contributed by atoms with van der Waals surface area (Å²) in [6.07, 6.45) is 1.69. The normalized spacial score (nSPS) is 15.8. The van der Waals surface area contributed by atoms with Gasteiger partial charge in [0.2, 0.25) is 5.76 Å². The second kappa shape index (κ2) is 6.17. The predicted octanol–water partition coefficient (Wildman–Crippen LogP) is 2.84. The lowest BCUT2D eigenvalue weighted by Gasteiger charge is -2.32. The molecule has 1 fully saturated rings. The van der Waals surface area contributed by atoms with Gasteiger partial charge in [-0.1, -0.05) is 5.16 Å². The van der Waals surface area contributed by atoms with E-state index >= 15 is 0 Å². The molecule has 1 aromatic carbocycles. The highest BCUT2D eigenvalue weighted by atomic mass is 19.1. The van der Waals surface area contributed by atoms with Crippen molar-refractivity contribution in [2.75, 3.05) is 18.4 Å². The molecule has 1 aliphatic heterocycles. The van der Waals surface area contributed by atoms with E-state index in [0.29, 0.717) is 24.5 Å². The van der Waals surface area contributed by atoms with Crippen molar-refractivity contribution in [3.8, 4) is 0 Å². The molecule has 0 saturated carbocycles. The van der Waals surface area contributed by atoms with Crippen molar-refractivity contribution in [2.24, 2.45) is 0 Å². The number of rotatable bonds is 3. The number of piperidine rings is 1. The van der Waals surface area contributed by atoms with E-state index in [1.54, 1.807) is 30.0 Å². The topological polar surface area (TPSA) is 58.4 Å². The van der Waals surface area contributed by atoms with Crippen LogP contribution in [0, 0.1) is 12.7 Å². The number of halogens is 1. The summed E-state index contributed by atoms with van der Waals surface area (Å²) in [5.74, 6) is -0.0587. The van der Waals surface area contributed by atoms with Gasteiger partial charge in [0.25, 0.3) is 5.91 Å². The van der Waals surface area contributed by atoms with E-state index in [-0.39, 0.29) is 17.8 Å². The maximum absolute atomic E-state index is 12.9. The van der Waals surface area contributed by atoms with Crippen LogP contribution in [0.1, 0.15) is 29.1 Å². The highest BCUT2D eigenvalue weighted by Gasteiger charge is 2.25. The van der Waals surface area contributed by atoms with E-state index < -0.39 is 0 Å². The smallest absolute Gasteiger partial charge is 0.292 e. The Hall–Kier alpha value is -2.37. The Balaban J connectivity index is 1.54. The number of aryl methyl sites for hydroxylation is 1. The number of carbonyl (C=O) groups excluding carboxylic acids is 1. The first-order valence-corrected chi connectivity index (χ1v) is 7.36. The summed E-state index contributed by atoms with van der Waals surface area (Å²) in [5, 5.41) is 7.12. The molecule has 5 nitrogen and oxygen atoms in total. The van der Waals surface area contributed by atoms with Gasteiger partial charge in [0.15, 0.2) is 0 Å². The number of hydrogen-bond acceptors (Lipinski definition) is 4. The van der Waals surface area contributed by atoms with Crippen LogP contribution in [0.2, 0.25) is 0 Å². The Labute approximate surface area is 128 Å². The average Bonchev–Trinajstić information content (AvgIpc) is 2.96. The highest BCUT2D eigenvalue weighted by Crippen LogP contribution is 2.18. The van der Waals surface area contributed by atoms with E-state index in [0.717, 1.165) is 18.5 Å². The maximum atomic E-state index is 12.9. The Bertz CT molecular complexity index is 646. The molecular weight excluding hydrogens is 285 g/mol. The van der Waals surface area contributed by atoms with Crippen LogP contribution >= 0.6 is 0 Å². The molecule has 1 aromatic heterocycles. The minimum absolute atomic E-state index is 0.110. The van der Waals surface area contributed by atoms with Crippen molar-refractivity contribution in [2.45, 2.75) is 25.8 Å². The molecule has 1 N–H and O–H groups in total. The number of nitrogens with zero attached hydrogens (tertiary/aromatic N) is 2. The molecule has 0 aliphatic carbocycles. The summed E-state index contributed by atoms with van der Waals surface area (Å²) >= 11 is 0. The van der Waals surface area contributed by atoms with Crippen molar-refractivity contribution in [1.82, 2.24) is 10.1 Å². The third kappa shape index (κ3) is 3.27. The van der Waals surface area contributed by atoms with Crippen LogP contribution in [-0.2, 0) is 0 Å². The first-order chi connectivity index (χ1) is 10.6. The molecule has 1 aliphatic rings. The largest absolute Gasteiger partial charge is 0.382 e. The minimum atomic E-state index is -0.242. The standard InChI is InChI=1S/C16H18FN3O2/c1-11-10-15(22-19-11)16(21)20-8-6-14(7-9-20)18-13-4-2-12(17)3-5-13/h2-5,10,14,18H,6-9H2,1H3. The van der Waals surface area contributed by atoms with Crippen molar-refractivity contribution in [3.63, 3.8) is 0 Å². The highest BCUT2D eigenvalue weighted by molar-refractivity contribution is 5.91. The Morgan fingerprint density at radius 3 is 2.59 bits per heavy atom. The minimum Gasteiger partial charge on any atom is -0.382 e. The number of aromatic nitrogens is 1. The Morgan fingerprint density at radius 1 is 1.32 bits per heavy atom. The van der Waals surface area contributed by atoms with Crippen LogP contribution in [0.3, 0.4) is 0 Å². The van der Waals surface area contributed by atoms with Crippen LogP contribution in [0.4, 0.5) is 10.1 Å². The second-order valence-electron chi connectivity index (χ2n) is 5.55. The molecule has 0 unspecified atom stereocenters. The molecule has 116 valence electrons. The van der Waals surface area contributed by atoms with Crippen molar-refractivity contribution >= 4 is 11.6 Å². The third-order valence-electron chi connectivity index (χ3n) is 3.84. The monoisotopic (exact) mass is 303 g/mol. The van der Waals surface area contributed by atoms with Crippen LogP contribution in [0.25, 0.3) is 0 Å². The lowest BCUT2D eigenvalue weighted by molar-refractivity contribution is 0.0676. The number of carbonyl (C=O) groups is 1. The zero-order valence-electron chi connectivity index (χ0n) is 12.4. The summed E-state index contributed by atoms with van der Waals surface area (Å²) in [6, 6.07) is 8.27. The lowest BCUT2D eigenvalue weighted by atomic mass is 10.0. The first kappa shape index (κ1) is 14.6. The maximum Gasteiger partial charge on any atom is 0.292 e. The molecule has 0 radical (unpaired) electrons. The van der Waals surface area contributed by atoms with E-state index in [1.807, 2.05) is 0 Å². The first-order valence-electron chi connectivity index (χ1n) is 7.36. The van der Waals surface area contributed by atoms with Gasteiger partial charge in [0.05, 0.1) is 5.69 Å². The van der Waals surface area contributed by atoms with E-state index in [4.69, 9.17) is 4.52 Å². The third-order valence-corrected chi connectivity index (χ3v) is 3.84. The molecule has 0 spiro atoms. The van der Waals surface area contributed by atoms with Gasteiger partial charge in [-0.2, -0.15) is 0 Å². The number of benzene rings is 1. The quantitative estimate of drug-likeness (QED) is 0.947. The average molecular weight is 303 g/mol. The van der Waals surface area contributed by atoms with Gasteiger partial charge in [-0.3, -0.25) is 4.79 Å². The Morgan fingerprint density at radius 2 is 2.00 bits per heavy atom. The summed E-state index contributed by atoms with van der Waals surface area (Å²) in [7, 11) is 0. The summed E-state index contributed by atoms with van der Waals surface area (Å²) < 4.78 is 17.9. The molecule has 22 heavy (non-hydrogen) atoms. The summed E-state index contributed by atoms with van der Waals surface area (Å²) in [4.78, 5) is 14.0. The molecule has 0 bridgehead atoms. The zero-order valence-corrected chi connectivity index (χ0v) is 12.4. The van der Waals surface area contributed by atoms with E-state index in [2.05, 4.69) is 10.5 Å². The van der Waals surface area contributed by atoms with Gasteiger partial charge in [-0.15, -0.1) is 0 Å². The fraction of sp³-hybridized carbons (Fsp3) is 0.375. The molecule has 0 atom stereocenters. The second-order valence-corrected chi connectivity index (χ2v) is 5.55. The summed E-state index contributed by atoms with van der Waals surface area (Å²) in [6.45, 7) is 3.12. The SMILES string of the molecule is Cc1cc(C(=O)N2CCC(Nc3ccc(F)cc3)CC2)on1. The van der Waals surface area contributed by atoms with Gasteiger partial charge in [-0.25, -0.2) is 4.39 Å². The summed E-state index contributed by atoms with van der Waals surface area (Å²) in [5.41, 5.74) is 1.60. The van der Waals surface area contributed by atoms with Crippen LogP contribution < -0.4 is 5.32 Å². The fourth-order valence-corrected chi connectivity index (χ4v) is 2.63. The van der Waals surface area contributed by atoms with E-state index in [9.17, 15) is 9.18 Å². The fourth-order valence-electron chi connectivity index (χ4n) is 2.63. The molecule has 3 rings (SSSR count). The number of likely N-dealkylation sites (tertiary alicyclic amines) is 1. The van der Waals surface area contributed by atoms with Crippen molar-refractivity contribution < 1.29 is 13.7 Å². The molecule has 1 amide bonds. The van der Waals surface area contributed by atoms with Gasteiger partial charge >= 0.3 is 0 Å². The molecule has 6 heteroatoms. The van der Waals surface area contributed by atoms with Gasteiger partial charge in [-0.05, 0) is 44.0 Å². The number of hydrogen-bond donors (Lipinski definition) is 1. The van der Waals surface area contributed by atoms with Crippen molar-refractivity contribution in [3.05, 3.63) is 47.6 Å². The van der Waals surface area contributed by atoms with Gasteiger partial charge in [0.1, 0.15) is 5.82 Å².